The van der Waals surface area contributed by atoms with Gasteiger partial charge in [-0.15, -0.1) is 0 Å². The molecule has 2 fully saturated rings. The molecule has 2 heterocycles. The van der Waals surface area contributed by atoms with E-state index in [9.17, 15) is 13.5 Å². The number of piperazine rings is 1. The average Bonchev–Trinajstić information content (AvgIpc) is 3.21. The molecule has 0 bridgehead atoms. The Morgan fingerprint density at radius 2 is 1.76 bits per heavy atom. The number of hydrogen-bond acceptors (Lipinski definition) is 5. The number of nitrogens with zero attached hydrogens (tertiary/aromatic N) is 2. The van der Waals surface area contributed by atoms with Crippen molar-refractivity contribution in [3.05, 3.63) is 29.3 Å². The molecule has 0 amide bonds. The largest absolute Gasteiger partial charge is 0.491 e. The third kappa shape index (κ3) is 5.10. The first-order valence-corrected chi connectivity index (χ1v) is 12.0. The highest BCUT2D eigenvalue weighted by Crippen LogP contribution is 2.26. The number of rotatable bonds is 7. The van der Waals surface area contributed by atoms with Crippen LogP contribution in [0, 0.1) is 0 Å². The zero-order chi connectivity index (χ0) is 20.3. The first kappa shape index (κ1) is 21.0. The quantitative estimate of drug-likeness (QED) is 0.566. The maximum atomic E-state index is 12.7. The fraction of sp³-hybridized carbons (Fsp3) is 0.700. The number of ether oxygens (including phenoxy) is 2. The van der Waals surface area contributed by atoms with Crippen LogP contribution in [0.1, 0.15) is 17.5 Å². The molecule has 0 radical (unpaired) electrons. The predicted octanol–water partition coefficient (Wildman–Crippen LogP) is -1.31. The third-order valence-electron chi connectivity index (χ3n) is 6.09. The van der Waals surface area contributed by atoms with Gasteiger partial charge in [-0.05, 0) is 42.5 Å². The van der Waals surface area contributed by atoms with Crippen molar-refractivity contribution in [2.75, 3.05) is 65.6 Å². The van der Waals surface area contributed by atoms with Crippen molar-refractivity contribution in [2.24, 2.45) is 0 Å². The first-order valence-electron chi connectivity index (χ1n) is 10.6. The molecule has 1 aromatic rings. The van der Waals surface area contributed by atoms with Gasteiger partial charge in [0, 0.05) is 13.1 Å². The lowest BCUT2D eigenvalue weighted by Gasteiger charge is -2.36. The van der Waals surface area contributed by atoms with Gasteiger partial charge in [0.2, 0.25) is 0 Å². The summed E-state index contributed by atoms with van der Waals surface area (Å²) in [5, 5.41) is 10.4. The minimum Gasteiger partial charge on any atom is -0.491 e. The van der Waals surface area contributed by atoms with Crippen LogP contribution in [0.4, 0.5) is 0 Å². The van der Waals surface area contributed by atoms with Crippen molar-refractivity contribution in [1.29, 1.82) is 0 Å². The van der Waals surface area contributed by atoms with E-state index in [1.165, 1.54) is 26.8 Å². The summed E-state index contributed by atoms with van der Waals surface area (Å²) >= 11 is 0. The number of aliphatic hydroxyl groups is 1. The Kier molecular flexibility index (Phi) is 6.73. The lowest BCUT2D eigenvalue weighted by atomic mass is 10.1. The van der Waals surface area contributed by atoms with E-state index in [0.29, 0.717) is 59.0 Å². The smallest absolute Gasteiger partial charge is 0.282 e. The van der Waals surface area contributed by atoms with Gasteiger partial charge in [-0.1, -0.05) is 6.07 Å². The van der Waals surface area contributed by atoms with Gasteiger partial charge in [-0.2, -0.15) is 17.0 Å². The van der Waals surface area contributed by atoms with Crippen LogP contribution >= 0.6 is 0 Å². The number of aliphatic hydroxyl groups excluding tert-OH is 1. The maximum absolute atomic E-state index is 12.7. The first-order chi connectivity index (χ1) is 14.0. The SMILES string of the molecule is O=S(=O)(N1CCOCC1)N1CC[NH+](C[C@H](O)COc2ccc3c(c2)CCC3)CC1. The highest BCUT2D eigenvalue weighted by atomic mass is 32.2. The van der Waals surface area contributed by atoms with Gasteiger partial charge in [-0.3, -0.25) is 0 Å². The van der Waals surface area contributed by atoms with Gasteiger partial charge < -0.3 is 19.5 Å². The van der Waals surface area contributed by atoms with Gasteiger partial charge >= 0.3 is 0 Å². The maximum Gasteiger partial charge on any atom is 0.282 e. The molecule has 29 heavy (non-hydrogen) atoms. The van der Waals surface area contributed by atoms with Crippen molar-refractivity contribution < 1.29 is 27.9 Å². The van der Waals surface area contributed by atoms with E-state index < -0.39 is 16.3 Å². The molecular weight excluding hydrogens is 394 g/mol. The Morgan fingerprint density at radius 1 is 1.07 bits per heavy atom. The number of benzene rings is 1. The van der Waals surface area contributed by atoms with E-state index in [0.717, 1.165) is 18.6 Å². The van der Waals surface area contributed by atoms with Crippen LogP contribution in [-0.2, 0) is 27.8 Å². The lowest BCUT2D eigenvalue weighted by molar-refractivity contribution is -0.906. The summed E-state index contributed by atoms with van der Waals surface area (Å²) in [5.41, 5.74) is 2.77. The van der Waals surface area contributed by atoms with Crippen molar-refractivity contribution in [1.82, 2.24) is 8.61 Å². The van der Waals surface area contributed by atoms with Crippen LogP contribution in [0.25, 0.3) is 0 Å². The zero-order valence-electron chi connectivity index (χ0n) is 16.9. The van der Waals surface area contributed by atoms with E-state index in [1.54, 1.807) is 4.31 Å². The van der Waals surface area contributed by atoms with Crippen LogP contribution in [0.3, 0.4) is 0 Å². The van der Waals surface area contributed by atoms with E-state index >= 15 is 0 Å². The van der Waals surface area contributed by atoms with Crippen LogP contribution < -0.4 is 9.64 Å². The Hall–Kier alpha value is -1.23. The van der Waals surface area contributed by atoms with Crippen molar-refractivity contribution in [3.63, 3.8) is 0 Å². The topological polar surface area (TPSA) is 83.8 Å². The van der Waals surface area contributed by atoms with E-state index in [1.807, 2.05) is 6.07 Å². The number of fused-ring (bicyclic) bond motifs is 1. The molecule has 4 rings (SSSR count). The molecule has 3 aliphatic rings. The molecule has 2 aliphatic heterocycles. The minimum absolute atomic E-state index is 0.262. The van der Waals surface area contributed by atoms with Crippen molar-refractivity contribution in [2.45, 2.75) is 25.4 Å². The molecule has 8 nitrogen and oxygen atoms in total. The number of quaternary nitrogens is 1. The summed E-state index contributed by atoms with van der Waals surface area (Å²) in [6.45, 7) is 4.94. The Labute approximate surface area is 173 Å². The van der Waals surface area contributed by atoms with E-state index in [4.69, 9.17) is 9.47 Å². The Bertz CT molecular complexity index is 789. The fourth-order valence-electron chi connectivity index (χ4n) is 4.40. The molecular formula is C20H32N3O5S+. The standard InChI is InChI=1S/C20H31N3O5S/c24-19(16-28-20-5-4-17-2-1-3-18(17)14-20)15-21-6-8-22(9-7-21)29(25,26)23-10-12-27-13-11-23/h4-5,14,19,24H,1-3,6-13,15-16H2/p+1/t19-/m0/s1. The number of hydrogen-bond donors (Lipinski definition) is 2. The Balaban J connectivity index is 1.21. The summed E-state index contributed by atoms with van der Waals surface area (Å²) in [5.74, 6) is 0.820. The fourth-order valence-corrected chi connectivity index (χ4v) is 5.98. The van der Waals surface area contributed by atoms with Crippen LogP contribution in [0.2, 0.25) is 0 Å². The molecule has 2 N–H and O–H groups in total. The highest BCUT2D eigenvalue weighted by molar-refractivity contribution is 7.86. The minimum atomic E-state index is -3.40. The third-order valence-corrected chi connectivity index (χ3v) is 8.12. The lowest BCUT2D eigenvalue weighted by Crippen LogP contribution is -3.16. The second-order valence-corrected chi connectivity index (χ2v) is 10.0. The monoisotopic (exact) mass is 426 g/mol. The molecule has 0 unspecified atom stereocenters. The molecule has 0 aromatic heterocycles. The summed E-state index contributed by atoms with van der Waals surface area (Å²) < 4.78 is 39.6. The number of aryl methyl sites for hydroxylation is 2. The number of nitrogens with one attached hydrogen (secondary N) is 1. The average molecular weight is 427 g/mol. The van der Waals surface area contributed by atoms with Crippen LogP contribution in [0.15, 0.2) is 18.2 Å². The van der Waals surface area contributed by atoms with Gasteiger partial charge in [-0.25, -0.2) is 0 Å². The molecule has 1 atom stereocenters. The predicted molar refractivity (Wildman–Crippen MR) is 108 cm³/mol. The summed E-state index contributed by atoms with van der Waals surface area (Å²) in [6.07, 6.45) is 2.89. The van der Waals surface area contributed by atoms with Gasteiger partial charge in [0.05, 0.1) is 39.4 Å². The molecule has 2 saturated heterocycles. The summed E-state index contributed by atoms with van der Waals surface area (Å²) in [6, 6.07) is 6.21. The normalized spacial score (nSPS) is 23.1. The van der Waals surface area contributed by atoms with Crippen molar-refractivity contribution in [3.8, 4) is 5.75 Å². The van der Waals surface area contributed by atoms with Crippen LogP contribution in [-0.4, -0.2) is 93.9 Å². The van der Waals surface area contributed by atoms with E-state index in [-0.39, 0.29) is 6.61 Å². The van der Waals surface area contributed by atoms with Gasteiger partial charge in [0.25, 0.3) is 10.2 Å². The summed E-state index contributed by atoms with van der Waals surface area (Å²) in [7, 11) is -3.40. The highest BCUT2D eigenvalue weighted by Gasteiger charge is 2.35. The number of morpholine rings is 1. The van der Waals surface area contributed by atoms with Crippen molar-refractivity contribution >= 4 is 10.2 Å². The molecule has 1 aliphatic carbocycles. The second kappa shape index (κ2) is 9.28. The van der Waals surface area contributed by atoms with Crippen LogP contribution in [0.5, 0.6) is 5.75 Å². The Morgan fingerprint density at radius 3 is 2.52 bits per heavy atom. The van der Waals surface area contributed by atoms with Gasteiger partial charge in [0.1, 0.15) is 25.0 Å². The molecule has 0 spiro atoms. The zero-order valence-corrected chi connectivity index (χ0v) is 17.7. The second-order valence-electron chi connectivity index (χ2n) is 8.12. The molecule has 9 heteroatoms. The van der Waals surface area contributed by atoms with Gasteiger partial charge in [0.15, 0.2) is 0 Å². The van der Waals surface area contributed by atoms with E-state index in [2.05, 4.69) is 12.1 Å². The summed E-state index contributed by atoms with van der Waals surface area (Å²) in [4.78, 5) is 1.21. The molecule has 0 saturated carbocycles. The molecule has 162 valence electrons. The molecule has 1 aromatic carbocycles.